The van der Waals surface area contributed by atoms with E-state index in [0.29, 0.717) is 25.0 Å². The lowest BCUT2D eigenvalue weighted by Gasteiger charge is -2.32. The largest absolute Gasteiger partial charge is 0.314 e. The number of hydrogen-bond donors (Lipinski definition) is 0. The molecule has 0 saturated heterocycles. The van der Waals surface area contributed by atoms with Crippen LogP contribution in [0.1, 0.15) is 26.3 Å². The van der Waals surface area contributed by atoms with Crippen molar-refractivity contribution in [3.63, 3.8) is 0 Å². The summed E-state index contributed by atoms with van der Waals surface area (Å²) >= 11 is 0. The lowest BCUT2D eigenvalue weighted by atomic mass is 10.3. The van der Waals surface area contributed by atoms with Crippen molar-refractivity contribution in [3.8, 4) is 0 Å². The predicted octanol–water partition coefficient (Wildman–Crippen LogP) is 2.93. The van der Waals surface area contributed by atoms with Crippen LogP contribution in [0, 0.1) is 12.7 Å². The van der Waals surface area contributed by atoms with Crippen LogP contribution < -0.4 is 9.80 Å². The van der Waals surface area contributed by atoms with Crippen LogP contribution in [0.5, 0.6) is 0 Å². The van der Waals surface area contributed by atoms with Crippen molar-refractivity contribution < 1.29 is 4.39 Å². The molecule has 0 unspecified atom stereocenters. The molecule has 0 aromatic carbocycles. The minimum Gasteiger partial charge on any atom is -0.314 e. The maximum atomic E-state index is 12.9. The van der Waals surface area contributed by atoms with Crippen LogP contribution in [-0.4, -0.2) is 33.0 Å². The lowest BCUT2D eigenvalue weighted by Crippen LogP contribution is -2.39. The van der Waals surface area contributed by atoms with Gasteiger partial charge in [-0.2, -0.15) is 0 Å². The first-order valence-electron chi connectivity index (χ1n) is 7.62. The summed E-state index contributed by atoms with van der Waals surface area (Å²) in [7, 11) is 0. The van der Waals surface area contributed by atoms with Crippen LogP contribution in [-0.2, 0) is 0 Å². The minimum absolute atomic E-state index is 0.438. The predicted molar refractivity (Wildman–Crippen MR) is 88.6 cm³/mol. The summed E-state index contributed by atoms with van der Waals surface area (Å²) in [6.07, 6.45) is 7.87. The third-order valence-corrected chi connectivity index (χ3v) is 3.21. The topological polar surface area (TPSA) is 58.0 Å². The van der Waals surface area contributed by atoms with Gasteiger partial charge in [-0.15, -0.1) is 0 Å². The highest BCUT2D eigenvalue weighted by molar-refractivity contribution is 5.47. The molecular weight excluding hydrogens is 295 g/mol. The zero-order valence-electron chi connectivity index (χ0n) is 13.9. The third-order valence-electron chi connectivity index (χ3n) is 3.21. The van der Waals surface area contributed by atoms with E-state index in [9.17, 15) is 4.39 Å². The molecule has 1 aliphatic rings. The molecule has 0 bridgehead atoms. The van der Waals surface area contributed by atoms with Crippen molar-refractivity contribution in [2.24, 2.45) is 0 Å². The first-order valence-corrected chi connectivity index (χ1v) is 7.62. The second-order valence-electron chi connectivity index (χ2n) is 4.88. The van der Waals surface area contributed by atoms with Crippen LogP contribution in [0.3, 0.4) is 0 Å². The maximum absolute atomic E-state index is 12.9. The molecule has 3 rings (SSSR count). The third kappa shape index (κ3) is 4.00. The summed E-state index contributed by atoms with van der Waals surface area (Å²) in [4.78, 5) is 20.6. The highest BCUT2D eigenvalue weighted by Gasteiger charge is 2.20. The monoisotopic (exact) mass is 316 g/mol. The molecule has 0 spiro atoms. The Morgan fingerprint density at radius 2 is 1.43 bits per heavy atom. The van der Waals surface area contributed by atoms with Gasteiger partial charge >= 0.3 is 0 Å². The molecule has 23 heavy (non-hydrogen) atoms. The summed E-state index contributed by atoms with van der Waals surface area (Å²) in [5.41, 5.74) is 1.98. The quantitative estimate of drug-likeness (QED) is 0.849. The number of halogens is 1. The molecule has 0 radical (unpaired) electrons. The number of hydrogen-bond acceptors (Lipinski definition) is 6. The van der Waals surface area contributed by atoms with Gasteiger partial charge in [0.1, 0.15) is 0 Å². The number of allylic oxidation sites excluding steroid dienone is 1. The second kappa shape index (κ2) is 7.62. The second-order valence-corrected chi connectivity index (χ2v) is 4.88. The van der Waals surface area contributed by atoms with Gasteiger partial charge in [0.25, 0.3) is 0 Å². The summed E-state index contributed by atoms with van der Waals surface area (Å²) in [5.74, 6) is 0.723. The van der Waals surface area contributed by atoms with Crippen LogP contribution in [0.15, 0.2) is 36.7 Å². The minimum atomic E-state index is -0.438. The van der Waals surface area contributed by atoms with E-state index < -0.39 is 5.82 Å². The fourth-order valence-electron chi connectivity index (χ4n) is 2.14. The fourth-order valence-corrected chi connectivity index (χ4v) is 2.14. The molecule has 0 amide bonds. The molecule has 0 atom stereocenters. The van der Waals surface area contributed by atoms with Crippen molar-refractivity contribution >= 4 is 11.9 Å². The summed E-state index contributed by atoms with van der Waals surface area (Å²) in [6, 6.07) is 0. The van der Waals surface area contributed by atoms with E-state index in [0.717, 1.165) is 11.3 Å². The molecule has 7 heteroatoms. The van der Waals surface area contributed by atoms with Crippen molar-refractivity contribution in [1.29, 1.82) is 0 Å². The molecule has 0 saturated carbocycles. The molecular formula is C16H21FN6. The van der Waals surface area contributed by atoms with Crippen molar-refractivity contribution in [2.45, 2.75) is 27.7 Å². The Hall–Kier alpha value is -2.57. The van der Waals surface area contributed by atoms with E-state index in [1.165, 1.54) is 12.4 Å². The zero-order valence-corrected chi connectivity index (χ0v) is 13.9. The Kier molecular flexibility index (Phi) is 5.56. The smallest absolute Gasteiger partial charge is 0.229 e. The summed E-state index contributed by atoms with van der Waals surface area (Å²) < 4.78 is 12.9. The average Bonchev–Trinajstić information content (AvgIpc) is 2.58. The first kappa shape index (κ1) is 16.8. The number of rotatable bonds is 2. The highest BCUT2D eigenvalue weighted by Crippen LogP contribution is 2.20. The van der Waals surface area contributed by atoms with Gasteiger partial charge in [-0.1, -0.05) is 13.8 Å². The van der Waals surface area contributed by atoms with Crippen LogP contribution in [0.4, 0.5) is 16.3 Å². The Labute approximate surface area is 135 Å². The van der Waals surface area contributed by atoms with E-state index in [1.807, 2.05) is 43.7 Å². The van der Waals surface area contributed by atoms with Gasteiger partial charge in [0.2, 0.25) is 11.9 Å². The van der Waals surface area contributed by atoms with Gasteiger partial charge in [0.05, 0.1) is 12.4 Å². The number of nitrogens with zero attached hydrogens (tertiary/aromatic N) is 6. The van der Waals surface area contributed by atoms with Crippen LogP contribution in [0.25, 0.3) is 0 Å². The van der Waals surface area contributed by atoms with Crippen molar-refractivity contribution in [2.75, 3.05) is 22.9 Å². The average molecular weight is 316 g/mol. The normalized spacial score (nSPS) is 14.0. The van der Waals surface area contributed by atoms with Gasteiger partial charge in [0.15, 0.2) is 5.82 Å². The Balaban J connectivity index is 0.000000924. The van der Waals surface area contributed by atoms with Crippen molar-refractivity contribution in [3.05, 3.63) is 48.1 Å². The summed E-state index contributed by atoms with van der Waals surface area (Å²) in [6.45, 7) is 9.30. The van der Waals surface area contributed by atoms with E-state index in [-0.39, 0.29) is 0 Å². The molecule has 0 fully saturated rings. The van der Waals surface area contributed by atoms with E-state index in [4.69, 9.17) is 0 Å². The fraction of sp³-hybridized carbons (Fsp3) is 0.375. The summed E-state index contributed by atoms with van der Waals surface area (Å²) in [5, 5.41) is 0. The Bertz CT molecular complexity index is 653. The van der Waals surface area contributed by atoms with E-state index in [2.05, 4.69) is 19.9 Å². The van der Waals surface area contributed by atoms with Gasteiger partial charge in [0, 0.05) is 37.4 Å². The Morgan fingerprint density at radius 3 is 2.00 bits per heavy atom. The van der Waals surface area contributed by atoms with Gasteiger partial charge in [-0.3, -0.25) is 0 Å². The molecule has 3 heterocycles. The number of anilines is 2. The van der Waals surface area contributed by atoms with E-state index in [1.54, 1.807) is 12.4 Å². The highest BCUT2D eigenvalue weighted by atomic mass is 19.1. The van der Waals surface area contributed by atoms with Crippen LogP contribution >= 0.6 is 0 Å². The van der Waals surface area contributed by atoms with E-state index >= 15 is 0 Å². The molecule has 2 aromatic rings. The first-order chi connectivity index (χ1) is 11.1. The molecule has 6 nitrogen and oxygen atoms in total. The standard InChI is InChI=1S/C14H15FN6.C2H6/c1-10-5-16-13(17-6-10)20-3-4-21(11(2)9-20)14-18-7-12(15)8-19-14;1-2/h5-9H,3-4H2,1-2H3;1-2H3. The van der Waals surface area contributed by atoms with Crippen molar-refractivity contribution in [1.82, 2.24) is 19.9 Å². The molecule has 1 aliphatic heterocycles. The molecule has 122 valence electrons. The molecule has 0 aliphatic carbocycles. The molecule has 0 N–H and O–H groups in total. The number of aromatic nitrogens is 4. The number of aryl methyl sites for hydroxylation is 1. The van der Waals surface area contributed by atoms with Gasteiger partial charge in [-0.05, 0) is 19.4 Å². The Morgan fingerprint density at radius 1 is 0.870 bits per heavy atom. The zero-order chi connectivity index (χ0) is 16.8. The lowest BCUT2D eigenvalue weighted by molar-refractivity contribution is 0.611. The molecule has 2 aromatic heterocycles. The SMILES string of the molecule is CC.CC1=CN(c2ncc(C)cn2)CCN1c1ncc(F)cn1. The van der Waals surface area contributed by atoms with Gasteiger partial charge < -0.3 is 9.80 Å². The van der Waals surface area contributed by atoms with Gasteiger partial charge in [-0.25, -0.2) is 24.3 Å². The van der Waals surface area contributed by atoms with Crippen LogP contribution in [0.2, 0.25) is 0 Å². The maximum Gasteiger partial charge on any atom is 0.229 e.